The van der Waals surface area contributed by atoms with E-state index in [-0.39, 0.29) is 17.6 Å². The number of carbonyl (C=O) groups excluding carboxylic acids is 1. The molecule has 8 heteroatoms. The van der Waals surface area contributed by atoms with Gasteiger partial charge in [-0.3, -0.25) is 4.68 Å². The Labute approximate surface area is 125 Å². The van der Waals surface area contributed by atoms with Gasteiger partial charge in [-0.25, -0.2) is 14.3 Å². The fourth-order valence-electron chi connectivity index (χ4n) is 2.13. The van der Waals surface area contributed by atoms with Crippen LogP contribution in [0.3, 0.4) is 0 Å². The van der Waals surface area contributed by atoms with E-state index in [0.717, 1.165) is 11.3 Å². The molecular formula is C13H12ClN5O2. The zero-order chi connectivity index (χ0) is 15.0. The maximum Gasteiger partial charge on any atom is 0.376 e. The summed E-state index contributed by atoms with van der Waals surface area (Å²) in [7, 11) is 1.82. The number of halogens is 1. The summed E-state index contributed by atoms with van der Waals surface area (Å²) in [6, 6.07) is 3.56. The second-order valence-electron chi connectivity index (χ2n) is 4.32. The van der Waals surface area contributed by atoms with Gasteiger partial charge >= 0.3 is 5.97 Å². The van der Waals surface area contributed by atoms with Gasteiger partial charge in [-0.2, -0.15) is 10.2 Å². The van der Waals surface area contributed by atoms with Crippen LogP contribution in [0, 0.1) is 0 Å². The zero-order valence-electron chi connectivity index (χ0n) is 11.4. The Morgan fingerprint density at radius 1 is 1.48 bits per heavy atom. The molecule has 21 heavy (non-hydrogen) atoms. The third-order valence-corrected chi connectivity index (χ3v) is 3.21. The van der Waals surface area contributed by atoms with Crippen molar-refractivity contribution in [2.45, 2.75) is 6.92 Å². The van der Waals surface area contributed by atoms with E-state index in [0.29, 0.717) is 5.52 Å². The monoisotopic (exact) mass is 305 g/mol. The molecule has 3 aromatic heterocycles. The number of aryl methyl sites for hydroxylation is 1. The lowest BCUT2D eigenvalue weighted by Gasteiger charge is -2.06. The number of aromatic nitrogens is 5. The smallest absolute Gasteiger partial charge is 0.376 e. The number of ether oxygens (including phenoxy) is 1. The minimum absolute atomic E-state index is 0.0952. The molecule has 0 radical (unpaired) electrons. The van der Waals surface area contributed by atoms with E-state index < -0.39 is 5.97 Å². The van der Waals surface area contributed by atoms with Crippen molar-refractivity contribution in [2.24, 2.45) is 7.05 Å². The lowest BCUT2D eigenvalue weighted by atomic mass is 10.2. The summed E-state index contributed by atoms with van der Waals surface area (Å²) in [4.78, 5) is 16.0. The highest BCUT2D eigenvalue weighted by Gasteiger charge is 2.19. The highest BCUT2D eigenvalue weighted by Crippen LogP contribution is 2.26. The molecule has 0 fully saturated rings. The number of imidazole rings is 1. The summed E-state index contributed by atoms with van der Waals surface area (Å²) in [5, 5.41) is 8.51. The number of hydrogen-bond donors (Lipinski definition) is 0. The largest absolute Gasteiger partial charge is 0.460 e. The van der Waals surface area contributed by atoms with E-state index in [2.05, 4.69) is 15.2 Å². The van der Waals surface area contributed by atoms with Crippen LogP contribution in [0.4, 0.5) is 0 Å². The van der Waals surface area contributed by atoms with E-state index >= 15 is 0 Å². The fraction of sp³-hybridized carbons (Fsp3) is 0.231. The van der Waals surface area contributed by atoms with Gasteiger partial charge in [0.25, 0.3) is 0 Å². The molecule has 0 amide bonds. The third kappa shape index (κ3) is 2.25. The number of nitrogens with zero attached hydrogens (tertiary/aromatic N) is 5. The molecule has 7 nitrogen and oxygen atoms in total. The van der Waals surface area contributed by atoms with Crippen molar-refractivity contribution in [1.82, 2.24) is 24.4 Å². The van der Waals surface area contributed by atoms with Crippen LogP contribution >= 0.6 is 11.6 Å². The highest BCUT2D eigenvalue weighted by atomic mass is 35.5. The zero-order valence-corrected chi connectivity index (χ0v) is 12.2. The molecule has 0 saturated carbocycles. The standard InChI is InChI=1S/C13H12ClN5O2/c1-3-21-13(20)12-15-7-10-8(6-11(14)17-19(10)12)9-4-5-16-18(9)2/h4-7H,3H2,1-2H3. The summed E-state index contributed by atoms with van der Waals surface area (Å²) in [5.74, 6) is -0.444. The molecule has 0 spiro atoms. The van der Waals surface area contributed by atoms with Crippen molar-refractivity contribution < 1.29 is 9.53 Å². The number of carbonyl (C=O) groups is 1. The van der Waals surface area contributed by atoms with Gasteiger partial charge in [0.15, 0.2) is 5.15 Å². The lowest BCUT2D eigenvalue weighted by molar-refractivity contribution is 0.0509. The molecule has 3 aromatic rings. The first kappa shape index (κ1) is 13.6. The van der Waals surface area contributed by atoms with Crippen molar-refractivity contribution in [3.05, 3.63) is 35.5 Å². The molecule has 108 valence electrons. The Morgan fingerprint density at radius 2 is 2.29 bits per heavy atom. The van der Waals surface area contributed by atoms with Gasteiger partial charge in [0.2, 0.25) is 5.82 Å². The molecular weight excluding hydrogens is 294 g/mol. The Balaban J connectivity index is 2.24. The van der Waals surface area contributed by atoms with Crippen LogP contribution in [0.25, 0.3) is 16.8 Å². The van der Waals surface area contributed by atoms with Crippen LogP contribution < -0.4 is 0 Å². The average molecular weight is 306 g/mol. The van der Waals surface area contributed by atoms with Gasteiger partial charge < -0.3 is 4.74 Å². The molecule has 0 atom stereocenters. The predicted octanol–water partition coefficient (Wildman–Crippen LogP) is 1.96. The first-order valence-electron chi connectivity index (χ1n) is 6.31. The first-order valence-corrected chi connectivity index (χ1v) is 6.69. The molecule has 0 N–H and O–H groups in total. The Bertz CT molecular complexity index is 823. The lowest BCUT2D eigenvalue weighted by Crippen LogP contribution is -2.11. The van der Waals surface area contributed by atoms with Crippen LogP contribution in [0.15, 0.2) is 24.5 Å². The topological polar surface area (TPSA) is 74.3 Å². The van der Waals surface area contributed by atoms with Gasteiger partial charge in [-0.05, 0) is 19.1 Å². The molecule has 0 unspecified atom stereocenters. The Hall–Kier alpha value is -2.41. The average Bonchev–Trinajstić information content (AvgIpc) is 3.04. The van der Waals surface area contributed by atoms with Crippen molar-refractivity contribution >= 4 is 23.1 Å². The number of hydrogen-bond acceptors (Lipinski definition) is 5. The van der Waals surface area contributed by atoms with E-state index in [1.807, 2.05) is 13.1 Å². The molecule has 3 heterocycles. The van der Waals surface area contributed by atoms with Gasteiger partial charge in [0.1, 0.15) is 0 Å². The molecule has 0 aliphatic heterocycles. The third-order valence-electron chi connectivity index (χ3n) is 3.03. The maximum atomic E-state index is 11.9. The van der Waals surface area contributed by atoms with Gasteiger partial charge in [-0.1, -0.05) is 11.6 Å². The Kier molecular flexibility index (Phi) is 3.34. The van der Waals surface area contributed by atoms with Gasteiger partial charge in [0.05, 0.1) is 24.0 Å². The second kappa shape index (κ2) is 5.17. The molecule has 0 aliphatic carbocycles. The van der Waals surface area contributed by atoms with Crippen LogP contribution in [0.5, 0.6) is 0 Å². The van der Waals surface area contributed by atoms with E-state index in [4.69, 9.17) is 16.3 Å². The molecule has 0 aromatic carbocycles. The highest BCUT2D eigenvalue weighted by molar-refractivity contribution is 6.29. The van der Waals surface area contributed by atoms with Crippen LogP contribution in [0.1, 0.15) is 17.5 Å². The fourth-order valence-corrected chi connectivity index (χ4v) is 2.31. The Morgan fingerprint density at radius 3 is 2.95 bits per heavy atom. The van der Waals surface area contributed by atoms with Crippen molar-refractivity contribution in [1.29, 1.82) is 0 Å². The predicted molar refractivity (Wildman–Crippen MR) is 76.2 cm³/mol. The first-order chi connectivity index (χ1) is 10.1. The summed E-state index contributed by atoms with van der Waals surface area (Å²) < 4.78 is 8.07. The quantitative estimate of drug-likeness (QED) is 0.692. The number of fused-ring (bicyclic) bond motifs is 1. The van der Waals surface area contributed by atoms with Crippen LogP contribution in [-0.2, 0) is 11.8 Å². The van der Waals surface area contributed by atoms with E-state index in [1.165, 1.54) is 4.52 Å². The number of rotatable bonds is 3. The van der Waals surface area contributed by atoms with Gasteiger partial charge in [-0.15, -0.1) is 0 Å². The summed E-state index contributed by atoms with van der Waals surface area (Å²) in [5.41, 5.74) is 2.30. The summed E-state index contributed by atoms with van der Waals surface area (Å²) in [6.07, 6.45) is 3.25. The minimum Gasteiger partial charge on any atom is -0.460 e. The maximum absolute atomic E-state index is 11.9. The molecule has 3 rings (SSSR count). The SMILES string of the molecule is CCOC(=O)c1ncc2c(-c3ccnn3C)cc(Cl)nn12. The molecule has 0 bridgehead atoms. The molecule has 0 aliphatic rings. The second-order valence-corrected chi connectivity index (χ2v) is 4.71. The van der Waals surface area contributed by atoms with Crippen LogP contribution in [0.2, 0.25) is 5.15 Å². The summed E-state index contributed by atoms with van der Waals surface area (Å²) >= 11 is 6.06. The van der Waals surface area contributed by atoms with Crippen LogP contribution in [-0.4, -0.2) is 37.0 Å². The molecule has 0 saturated heterocycles. The van der Waals surface area contributed by atoms with E-state index in [9.17, 15) is 4.79 Å². The van der Waals surface area contributed by atoms with Crippen molar-refractivity contribution in [3.8, 4) is 11.3 Å². The normalized spacial score (nSPS) is 11.0. The van der Waals surface area contributed by atoms with Gasteiger partial charge in [0, 0.05) is 18.8 Å². The van der Waals surface area contributed by atoms with Crippen molar-refractivity contribution in [2.75, 3.05) is 6.61 Å². The number of esters is 1. The minimum atomic E-state index is -0.539. The van der Waals surface area contributed by atoms with E-state index in [1.54, 1.807) is 30.1 Å². The summed E-state index contributed by atoms with van der Waals surface area (Å²) in [6.45, 7) is 2.00. The van der Waals surface area contributed by atoms with Crippen molar-refractivity contribution in [3.63, 3.8) is 0 Å².